The van der Waals surface area contributed by atoms with Crippen molar-refractivity contribution in [3.8, 4) is 0 Å². The molecule has 0 bridgehead atoms. The average molecular weight is 306 g/mol. The number of nitrogens with one attached hydrogen (secondary N) is 2. The minimum absolute atomic E-state index is 0.624. The van der Waals surface area contributed by atoms with Crippen molar-refractivity contribution in [2.45, 2.75) is 18.9 Å². The number of hydrogen-bond acceptors (Lipinski definition) is 5. The molecule has 21 heavy (non-hydrogen) atoms. The van der Waals surface area contributed by atoms with Crippen molar-refractivity contribution in [1.29, 1.82) is 0 Å². The smallest absolute Gasteiger partial charge is 0.225 e. The van der Waals surface area contributed by atoms with E-state index in [1.54, 1.807) is 12.4 Å². The standard InChI is InChI=1S/C14H22N6S/c21-14(18-12-2-3-12)17-6-7-19-8-10-20(11-9-19)13-15-4-1-5-16-13/h1,4-5,12H,2-3,6-11H2,(H2,17,18,21). The minimum atomic E-state index is 0.624. The van der Waals surface area contributed by atoms with Crippen molar-refractivity contribution in [3.05, 3.63) is 18.5 Å². The highest BCUT2D eigenvalue weighted by molar-refractivity contribution is 7.80. The van der Waals surface area contributed by atoms with Crippen LogP contribution >= 0.6 is 12.2 Å². The van der Waals surface area contributed by atoms with E-state index in [4.69, 9.17) is 12.2 Å². The van der Waals surface area contributed by atoms with Gasteiger partial charge in [0, 0.05) is 57.7 Å². The lowest BCUT2D eigenvalue weighted by Crippen LogP contribution is -2.49. The predicted octanol–water partition coefficient (Wildman–Crippen LogP) is 0.225. The lowest BCUT2D eigenvalue weighted by Gasteiger charge is -2.34. The molecule has 2 N–H and O–H groups in total. The summed E-state index contributed by atoms with van der Waals surface area (Å²) in [6.07, 6.45) is 6.11. The molecule has 0 spiro atoms. The molecular formula is C14H22N6S. The molecule has 1 saturated heterocycles. The van der Waals surface area contributed by atoms with Crippen LogP contribution in [-0.2, 0) is 0 Å². The molecule has 2 fully saturated rings. The van der Waals surface area contributed by atoms with Crippen LogP contribution in [0.5, 0.6) is 0 Å². The molecule has 0 atom stereocenters. The van der Waals surface area contributed by atoms with E-state index >= 15 is 0 Å². The fourth-order valence-corrected chi connectivity index (χ4v) is 2.69. The van der Waals surface area contributed by atoms with Gasteiger partial charge in [-0.05, 0) is 31.1 Å². The fourth-order valence-electron chi connectivity index (χ4n) is 2.42. The molecule has 2 heterocycles. The molecule has 1 aliphatic heterocycles. The first kappa shape index (κ1) is 14.5. The quantitative estimate of drug-likeness (QED) is 0.755. The van der Waals surface area contributed by atoms with Crippen LogP contribution in [-0.4, -0.2) is 65.3 Å². The van der Waals surface area contributed by atoms with Crippen LogP contribution in [0.2, 0.25) is 0 Å². The first-order valence-electron chi connectivity index (χ1n) is 7.60. The molecule has 1 saturated carbocycles. The van der Waals surface area contributed by atoms with E-state index in [1.165, 1.54) is 12.8 Å². The summed E-state index contributed by atoms with van der Waals surface area (Å²) < 4.78 is 0. The molecule has 1 aliphatic carbocycles. The summed E-state index contributed by atoms with van der Waals surface area (Å²) in [7, 11) is 0. The van der Waals surface area contributed by atoms with E-state index in [0.717, 1.165) is 50.3 Å². The topological polar surface area (TPSA) is 56.3 Å². The summed E-state index contributed by atoms with van der Waals surface area (Å²) in [5, 5.41) is 7.38. The maximum absolute atomic E-state index is 5.25. The zero-order valence-electron chi connectivity index (χ0n) is 12.2. The van der Waals surface area contributed by atoms with Gasteiger partial charge < -0.3 is 15.5 Å². The Morgan fingerprint density at radius 1 is 1.19 bits per heavy atom. The van der Waals surface area contributed by atoms with Gasteiger partial charge in [0.2, 0.25) is 5.95 Å². The second kappa shape index (κ2) is 7.00. The van der Waals surface area contributed by atoms with Crippen molar-refractivity contribution >= 4 is 23.3 Å². The number of hydrogen-bond donors (Lipinski definition) is 2. The number of piperazine rings is 1. The fraction of sp³-hybridized carbons (Fsp3) is 0.643. The third-order valence-electron chi connectivity index (χ3n) is 3.83. The van der Waals surface area contributed by atoms with Gasteiger partial charge in [0.15, 0.2) is 5.11 Å². The van der Waals surface area contributed by atoms with Crippen molar-refractivity contribution in [2.24, 2.45) is 0 Å². The molecule has 114 valence electrons. The van der Waals surface area contributed by atoms with Crippen LogP contribution in [0, 0.1) is 0 Å². The van der Waals surface area contributed by atoms with Gasteiger partial charge in [-0.2, -0.15) is 0 Å². The molecule has 3 rings (SSSR count). The van der Waals surface area contributed by atoms with Gasteiger partial charge in [0.05, 0.1) is 0 Å². The van der Waals surface area contributed by atoms with Crippen LogP contribution in [0.3, 0.4) is 0 Å². The Hall–Kier alpha value is -1.47. The molecule has 1 aromatic heterocycles. The van der Waals surface area contributed by atoms with E-state index in [2.05, 4.69) is 30.4 Å². The van der Waals surface area contributed by atoms with Crippen LogP contribution in [0.4, 0.5) is 5.95 Å². The van der Waals surface area contributed by atoms with Crippen molar-refractivity contribution < 1.29 is 0 Å². The van der Waals surface area contributed by atoms with E-state index in [9.17, 15) is 0 Å². The highest BCUT2D eigenvalue weighted by Crippen LogP contribution is 2.18. The zero-order valence-corrected chi connectivity index (χ0v) is 13.0. The predicted molar refractivity (Wildman–Crippen MR) is 87.4 cm³/mol. The molecule has 1 aromatic rings. The molecule has 0 radical (unpaired) electrons. The van der Waals surface area contributed by atoms with E-state index in [-0.39, 0.29) is 0 Å². The number of rotatable bonds is 5. The molecular weight excluding hydrogens is 284 g/mol. The van der Waals surface area contributed by atoms with Crippen LogP contribution in [0.1, 0.15) is 12.8 Å². The second-order valence-electron chi connectivity index (χ2n) is 5.55. The zero-order chi connectivity index (χ0) is 14.5. The molecule has 0 amide bonds. The van der Waals surface area contributed by atoms with Gasteiger partial charge in [-0.25, -0.2) is 9.97 Å². The first-order valence-corrected chi connectivity index (χ1v) is 8.01. The summed E-state index contributed by atoms with van der Waals surface area (Å²) in [5.74, 6) is 0.838. The number of aromatic nitrogens is 2. The third kappa shape index (κ3) is 4.50. The Bertz CT molecular complexity index is 456. The summed E-state index contributed by atoms with van der Waals surface area (Å²) in [6.45, 7) is 5.98. The van der Waals surface area contributed by atoms with Crippen molar-refractivity contribution in [3.63, 3.8) is 0 Å². The van der Waals surface area contributed by atoms with Crippen LogP contribution in [0.15, 0.2) is 18.5 Å². The van der Waals surface area contributed by atoms with Gasteiger partial charge in [-0.1, -0.05) is 0 Å². The van der Waals surface area contributed by atoms with E-state index in [1.807, 2.05) is 6.07 Å². The maximum Gasteiger partial charge on any atom is 0.225 e. The van der Waals surface area contributed by atoms with E-state index < -0.39 is 0 Å². The molecule has 0 unspecified atom stereocenters. The highest BCUT2D eigenvalue weighted by atomic mass is 32.1. The molecule has 2 aliphatic rings. The molecule has 6 nitrogen and oxygen atoms in total. The Balaban J connectivity index is 1.33. The van der Waals surface area contributed by atoms with Crippen LogP contribution < -0.4 is 15.5 Å². The average Bonchev–Trinajstić information content (AvgIpc) is 3.33. The second-order valence-corrected chi connectivity index (χ2v) is 5.96. The highest BCUT2D eigenvalue weighted by Gasteiger charge is 2.22. The Labute approximate surface area is 130 Å². The maximum atomic E-state index is 5.25. The summed E-state index contributed by atoms with van der Waals surface area (Å²) in [4.78, 5) is 13.3. The van der Waals surface area contributed by atoms with Gasteiger partial charge in [-0.15, -0.1) is 0 Å². The SMILES string of the molecule is S=C(NCCN1CCN(c2ncccn2)CC1)NC1CC1. The minimum Gasteiger partial charge on any atom is -0.361 e. The largest absolute Gasteiger partial charge is 0.361 e. The van der Waals surface area contributed by atoms with E-state index in [0.29, 0.717) is 6.04 Å². The van der Waals surface area contributed by atoms with Crippen LogP contribution in [0.25, 0.3) is 0 Å². The summed E-state index contributed by atoms with van der Waals surface area (Å²) >= 11 is 5.25. The van der Waals surface area contributed by atoms with Gasteiger partial charge >= 0.3 is 0 Å². The van der Waals surface area contributed by atoms with Gasteiger partial charge in [0.1, 0.15) is 0 Å². The normalized spacial score (nSPS) is 19.3. The molecule has 7 heteroatoms. The Morgan fingerprint density at radius 2 is 1.90 bits per heavy atom. The Morgan fingerprint density at radius 3 is 2.57 bits per heavy atom. The van der Waals surface area contributed by atoms with Gasteiger partial charge in [0.25, 0.3) is 0 Å². The summed E-state index contributed by atoms with van der Waals surface area (Å²) in [6, 6.07) is 2.48. The van der Waals surface area contributed by atoms with Crippen molar-refractivity contribution in [1.82, 2.24) is 25.5 Å². The monoisotopic (exact) mass is 306 g/mol. The molecule has 0 aromatic carbocycles. The van der Waals surface area contributed by atoms with Crippen molar-refractivity contribution in [2.75, 3.05) is 44.2 Å². The lowest BCUT2D eigenvalue weighted by atomic mass is 10.3. The lowest BCUT2D eigenvalue weighted by molar-refractivity contribution is 0.260. The first-order chi connectivity index (χ1) is 10.3. The van der Waals surface area contributed by atoms with Gasteiger partial charge in [-0.3, -0.25) is 4.90 Å². The number of thiocarbonyl (C=S) groups is 1. The third-order valence-corrected chi connectivity index (χ3v) is 4.10. The number of anilines is 1. The number of nitrogens with zero attached hydrogens (tertiary/aromatic N) is 4. The Kier molecular flexibility index (Phi) is 4.82. The summed E-state index contributed by atoms with van der Waals surface area (Å²) in [5.41, 5.74) is 0.